The summed E-state index contributed by atoms with van der Waals surface area (Å²) in [6.07, 6.45) is 5.23. The first-order chi connectivity index (χ1) is 3.43. The Labute approximate surface area is 42.4 Å². The molecule has 0 bridgehead atoms. The Hall–Kier alpha value is -0.790. The van der Waals surface area contributed by atoms with Crippen LogP contribution in [0.2, 0.25) is 0 Å². The highest BCUT2D eigenvalue weighted by Gasteiger charge is 1.90. The number of rotatable bonds is 1. The largest absolute Gasteiger partial charge is 0.412 e. The lowest BCUT2D eigenvalue weighted by Crippen LogP contribution is -2.27. The third-order valence-corrected chi connectivity index (χ3v) is 0.892. The molecular formula is C5H8NO+. The van der Waals surface area contributed by atoms with Crippen molar-refractivity contribution in [3.8, 4) is 0 Å². The van der Waals surface area contributed by atoms with E-state index < -0.39 is 0 Å². The number of aromatic nitrogens is 1. The molecule has 0 amide bonds. The summed E-state index contributed by atoms with van der Waals surface area (Å²) in [5, 5.41) is 0. The Kier molecular flexibility index (Phi) is 1.11. The predicted molar refractivity (Wildman–Crippen MR) is 24.6 cm³/mol. The quantitative estimate of drug-likeness (QED) is 0.470. The molecule has 1 heterocycles. The Bertz CT molecular complexity index is 123. The van der Waals surface area contributed by atoms with E-state index in [2.05, 4.69) is 6.92 Å². The van der Waals surface area contributed by atoms with Crippen LogP contribution in [0.4, 0.5) is 0 Å². The predicted octanol–water partition coefficient (Wildman–Crippen LogP) is 0.587. The van der Waals surface area contributed by atoms with Crippen molar-refractivity contribution in [1.29, 1.82) is 0 Å². The van der Waals surface area contributed by atoms with E-state index >= 15 is 0 Å². The Morgan fingerprint density at radius 2 is 2.57 bits per heavy atom. The van der Waals surface area contributed by atoms with E-state index in [0.29, 0.717) is 0 Å². The van der Waals surface area contributed by atoms with Gasteiger partial charge in [-0.05, 0) is 6.92 Å². The third-order valence-electron chi connectivity index (χ3n) is 0.892. The van der Waals surface area contributed by atoms with Crippen LogP contribution in [0.1, 0.15) is 6.92 Å². The standard InChI is InChI=1S/C5H8NO/c1-2-6-3-4-7-5-6/h3-5H,2H2,1H3/q+1. The lowest BCUT2D eigenvalue weighted by atomic mass is 10.7. The van der Waals surface area contributed by atoms with Crippen molar-refractivity contribution in [2.24, 2.45) is 0 Å². The van der Waals surface area contributed by atoms with E-state index in [-0.39, 0.29) is 0 Å². The molecule has 0 atom stereocenters. The lowest BCUT2D eigenvalue weighted by Gasteiger charge is -1.72. The van der Waals surface area contributed by atoms with Crippen molar-refractivity contribution >= 4 is 0 Å². The molecule has 0 saturated carbocycles. The van der Waals surface area contributed by atoms with E-state index in [1.807, 2.05) is 10.8 Å². The van der Waals surface area contributed by atoms with Gasteiger partial charge in [-0.15, -0.1) is 0 Å². The molecule has 0 saturated heterocycles. The van der Waals surface area contributed by atoms with Gasteiger partial charge in [-0.1, -0.05) is 0 Å². The monoisotopic (exact) mass is 98.1 g/mol. The molecule has 0 aliphatic heterocycles. The van der Waals surface area contributed by atoms with E-state index in [0.717, 1.165) is 6.54 Å². The zero-order valence-corrected chi connectivity index (χ0v) is 4.29. The minimum Gasteiger partial charge on any atom is -0.412 e. The summed E-state index contributed by atoms with van der Waals surface area (Å²) in [6.45, 7) is 3.05. The van der Waals surface area contributed by atoms with Gasteiger partial charge < -0.3 is 4.42 Å². The molecule has 0 spiro atoms. The van der Waals surface area contributed by atoms with Gasteiger partial charge in [-0.25, -0.2) is 0 Å². The van der Waals surface area contributed by atoms with Gasteiger partial charge in [0.15, 0.2) is 6.26 Å². The summed E-state index contributed by atoms with van der Waals surface area (Å²) in [7, 11) is 0. The smallest absolute Gasteiger partial charge is 0.334 e. The average molecular weight is 98.1 g/mol. The van der Waals surface area contributed by atoms with Crippen LogP contribution in [0, 0.1) is 0 Å². The molecule has 0 unspecified atom stereocenters. The Morgan fingerprint density at radius 1 is 1.71 bits per heavy atom. The zero-order chi connectivity index (χ0) is 5.11. The van der Waals surface area contributed by atoms with E-state index in [9.17, 15) is 0 Å². The van der Waals surface area contributed by atoms with Crippen LogP contribution in [-0.2, 0) is 6.54 Å². The fourth-order valence-electron chi connectivity index (χ4n) is 0.442. The molecule has 1 rings (SSSR count). The van der Waals surface area contributed by atoms with Crippen LogP contribution in [0.5, 0.6) is 0 Å². The van der Waals surface area contributed by atoms with Gasteiger partial charge in [0.1, 0.15) is 6.54 Å². The second-order valence-electron chi connectivity index (χ2n) is 1.36. The van der Waals surface area contributed by atoms with Gasteiger partial charge in [-0.3, -0.25) is 0 Å². The summed E-state index contributed by atoms with van der Waals surface area (Å²) in [5.74, 6) is 0. The topological polar surface area (TPSA) is 17.0 Å². The third kappa shape index (κ3) is 0.796. The molecule has 1 aromatic rings. The molecule has 0 N–H and O–H groups in total. The van der Waals surface area contributed by atoms with Gasteiger partial charge in [-0.2, -0.15) is 4.57 Å². The zero-order valence-electron chi connectivity index (χ0n) is 4.29. The highest BCUT2D eigenvalue weighted by molar-refractivity contribution is 4.45. The van der Waals surface area contributed by atoms with Gasteiger partial charge in [0.2, 0.25) is 6.20 Å². The van der Waals surface area contributed by atoms with Crippen LogP contribution >= 0.6 is 0 Å². The van der Waals surface area contributed by atoms with Crippen molar-refractivity contribution in [2.75, 3.05) is 0 Å². The van der Waals surface area contributed by atoms with Crippen LogP contribution in [-0.4, -0.2) is 0 Å². The fraction of sp³-hybridized carbons (Fsp3) is 0.400. The summed E-state index contributed by atoms with van der Waals surface area (Å²) in [6, 6.07) is 0. The Balaban J connectivity index is 2.76. The van der Waals surface area contributed by atoms with E-state index in [1.165, 1.54) is 0 Å². The summed E-state index contributed by atoms with van der Waals surface area (Å²) in [4.78, 5) is 0. The van der Waals surface area contributed by atoms with Gasteiger partial charge >= 0.3 is 6.39 Å². The van der Waals surface area contributed by atoms with Crippen LogP contribution in [0.3, 0.4) is 0 Å². The summed E-state index contributed by atoms with van der Waals surface area (Å²) in [5.41, 5.74) is 0. The number of hydrogen-bond donors (Lipinski definition) is 0. The first-order valence-electron chi connectivity index (χ1n) is 2.34. The molecule has 0 aliphatic carbocycles. The molecule has 0 aliphatic rings. The molecule has 2 nitrogen and oxygen atoms in total. The summed E-state index contributed by atoms with van der Waals surface area (Å²) >= 11 is 0. The Morgan fingerprint density at radius 3 is 2.86 bits per heavy atom. The van der Waals surface area contributed by atoms with Crippen LogP contribution in [0.15, 0.2) is 23.3 Å². The number of nitrogens with zero attached hydrogens (tertiary/aromatic N) is 1. The normalized spacial score (nSPS) is 9.29. The average Bonchev–Trinajstić information content (AvgIpc) is 2.14. The van der Waals surface area contributed by atoms with Crippen molar-refractivity contribution in [2.45, 2.75) is 13.5 Å². The van der Waals surface area contributed by atoms with Crippen molar-refractivity contribution in [1.82, 2.24) is 0 Å². The van der Waals surface area contributed by atoms with E-state index in [4.69, 9.17) is 4.42 Å². The second kappa shape index (κ2) is 1.78. The number of oxazole rings is 1. The van der Waals surface area contributed by atoms with Crippen LogP contribution in [0.25, 0.3) is 0 Å². The maximum Gasteiger partial charge on any atom is 0.334 e. The maximum atomic E-state index is 4.77. The molecule has 38 valence electrons. The number of aryl methyl sites for hydroxylation is 1. The second-order valence-corrected chi connectivity index (χ2v) is 1.36. The van der Waals surface area contributed by atoms with Crippen molar-refractivity contribution < 1.29 is 8.98 Å². The highest BCUT2D eigenvalue weighted by atomic mass is 16.3. The van der Waals surface area contributed by atoms with Crippen molar-refractivity contribution in [3.05, 3.63) is 18.9 Å². The van der Waals surface area contributed by atoms with Gasteiger partial charge in [0.05, 0.1) is 0 Å². The fourth-order valence-corrected chi connectivity index (χ4v) is 0.442. The van der Waals surface area contributed by atoms with Crippen molar-refractivity contribution in [3.63, 3.8) is 0 Å². The summed E-state index contributed by atoms with van der Waals surface area (Å²) < 4.78 is 6.73. The van der Waals surface area contributed by atoms with Gasteiger partial charge in [0.25, 0.3) is 0 Å². The maximum absolute atomic E-state index is 4.77. The molecule has 0 aromatic carbocycles. The SMILES string of the molecule is CC[n+]1ccoc1. The van der Waals surface area contributed by atoms with E-state index in [1.54, 1.807) is 12.7 Å². The van der Waals surface area contributed by atoms with Crippen LogP contribution < -0.4 is 4.57 Å². The van der Waals surface area contributed by atoms with Gasteiger partial charge in [0, 0.05) is 0 Å². The first kappa shape index (κ1) is 4.37. The number of hydrogen-bond acceptors (Lipinski definition) is 1. The molecule has 0 fully saturated rings. The molecule has 0 radical (unpaired) electrons. The molecule has 2 heteroatoms. The molecule has 1 aromatic heterocycles. The lowest BCUT2D eigenvalue weighted by molar-refractivity contribution is -0.696. The minimum atomic E-state index is 0.983. The minimum absolute atomic E-state index is 0.983. The molecular weight excluding hydrogens is 90.1 g/mol. The molecule has 7 heavy (non-hydrogen) atoms. The first-order valence-corrected chi connectivity index (χ1v) is 2.34. The highest BCUT2D eigenvalue weighted by Crippen LogP contribution is 1.73.